The minimum absolute atomic E-state index is 0.182. The second-order valence-electron chi connectivity index (χ2n) is 5.05. The smallest absolute Gasteiger partial charge is 0.245 e. The summed E-state index contributed by atoms with van der Waals surface area (Å²) in [5.41, 5.74) is 0. The summed E-state index contributed by atoms with van der Waals surface area (Å²) >= 11 is 5.65. The van der Waals surface area contributed by atoms with Crippen LogP contribution in [0.3, 0.4) is 0 Å². The lowest BCUT2D eigenvalue weighted by Crippen LogP contribution is -2.39. The van der Waals surface area contributed by atoms with Gasteiger partial charge in [-0.25, -0.2) is 17.1 Å². The lowest BCUT2D eigenvalue weighted by Gasteiger charge is -2.27. The molecule has 0 radical (unpaired) electrons. The number of halogens is 2. The van der Waals surface area contributed by atoms with Gasteiger partial charge in [0.2, 0.25) is 10.0 Å². The maximum absolute atomic E-state index is 13.9. The van der Waals surface area contributed by atoms with Gasteiger partial charge in [0.05, 0.1) is 5.02 Å². The van der Waals surface area contributed by atoms with Crippen molar-refractivity contribution in [3.05, 3.63) is 29.0 Å². The number of benzene rings is 1. The van der Waals surface area contributed by atoms with Crippen molar-refractivity contribution in [2.24, 2.45) is 5.92 Å². The Bertz CT molecular complexity index is 574. The van der Waals surface area contributed by atoms with Gasteiger partial charge in [-0.05, 0) is 44.0 Å². The Morgan fingerprint density at radius 3 is 2.90 bits per heavy atom. The fourth-order valence-corrected chi connectivity index (χ4v) is 3.95. The van der Waals surface area contributed by atoms with Gasteiger partial charge in [0, 0.05) is 13.6 Å². The standard InChI is InChI=1S/C13H18ClFN2O2S/c1-17(9-10-4-3-7-16-8-10)20(18,19)12-6-2-5-11(14)13(12)15/h2,5-6,10,16H,3-4,7-9H2,1H3. The van der Waals surface area contributed by atoms with E-state index in [9.17, 15) is 12.8 Å². The Morgan fingerprint density at radius 1 is 1.50 bits per heavy atom. The average Bonchev–Trinajstić information content (AvgIpc) is 2.42. The number of hydrogen-bond acceptors (Lipinski definition) is 3. The van der Waals surface area contributed by atoms with Crippen LogP contribution in [0.4, 0.5) is 4.39 Å². The molecule has 1 heterocycles. The molecule has 1 N–H and O–H groups in total. The van der Waals surface area contributed by atoms with E-state index >= 15 is 0 Å². The molecule has 7 heteroatoms. The van der Waals surface area contributed by atoms with Crippen molar-refractivity contribution < 1.29 is 12.8 Å². The van der Waals surface area contributed by atoms with E-state index < -0.39 is 15.8 Å². The van der Waals surface area contributed by atoms with Crippen molar-refractivity contribution in [1.29, 1.82) is 0 Å². The van der Waals surface area contributed by atoms with E-state index in [0.717, 1.165) is 25.9 Å². The van der Waals surface area contributed by atoms with Crippen molar-refractivity contribution in [3.8, 4) is 0 Å². The Balaban J connectivity index is 2.18. The number of piperidine rings is 1. The van der Waals surface area contributed by atoms with Crippen molar-refractivity contribution in [2.45, 2.75) is 17.7 Å². The quantitative estimate of drug-likeness (QED) is 0.924. The Labute approximate surface area is 124 Å². The highest BCUT2D eigenvalue weighted by atomic mass is 35.5. The zero-order chi connectivity index (χ0) is 14.8. The minimum Gasteiger partial charge on any atom is -0.316 e. The average molecular weight is 321 g/mol. The molecule has 0 bridgehead atoms. The van der Waals surface area contributed by atoms with Gasteiger partial charge in [0.15, 0.2) is 5.82 Å². The fourth-order valence-electron chi connectivity index (χ4n) is 2.39. The number of sulfonamides is 1. The highest BCUT2D eigenvalue weighted by molar-refractivity contribution is 7.89. The molecule has 1 aliphatic heterocycles. The second-order valence-corrected chi connectivity index (χ2v) is 7.47. The summed E-state index contributed by atoms with van der Waals surface area (Å²) in [5.74, 6) is -0.631. The first kappa shape index (κ1) is 15.7. The van der Waals surface area contributed by atoms with E-state index in [2.05, 4.69) is 5.32 Å². The lowest BCUT2D eigenvalue weighted by atomic mass is 10.00. The van der Waals surface area contributed by atoms with Crippen LogP contribution in [0.1, 0.15) is 12.8 Å². The van der Waals surface area contributed by atoms with Crippen LogP contribution >= 0.6 is 11.6 Å². The molecule has 1 aromatic carbocycles. The summed E-state index contributed by atoms with van der Waals surface area (Å²) in [5, 5.41) is 3.05. The van der Waals surface area contributed by atoms with Crippen LogP contribution < -0.4 is 5.32 Å². The van der Waals surface area contributed by atoms with Gasteiger partial charge in [0.25, 0.3) is 0 Å². The molecule has 0 aromatic heterocycles. The number of rotatable bonds is 4. The Hall–Kier alpha value is -0.690. The van der Waals surface area contributed by atoms with Crippen molar-refractivity contribution in [1.82, 2.24) is 9.62 Å². The summed E-state index contributed by atoms with van der Waals surface area (Å²) < 4.78 is 39.9. The van der Waals surface area contributed by atoms with Crippen LogP contribution in [-0.2, 0) is 10.0 Å². The van der Waals surface area contributed by atoms with Gasteiger partial charge in [-0.2, -0.15) is 0 Å². The second kappa shape index (κ2) is 6.39. The molecule has 1 aromatic rings. The topological polar surface area (TPSA) is 49.4 Å². The predicted octanol–water partition coefficient (Wildman–Crippen LogP) is 2.10. The van der Waals surface area contributed by atoms with Gasteiger partial charge in [0.1, 0.15) is 4.90 Å². The number of hydrogen-bond donors (Lipinski definition) is 1. The summed E-state index contributed by atoms with van der Waals surface area (Å²) in [6, 6.07) is 4.02. The van der Waals surface area contributed by atoms with Crippen molar-refractivity contribution in [2.75, 3.05) is 26.7 Å². The van der Waals surface area contributed by atoms with Crippen LogP contribution in [0, 0.1) is 11.7 Å². The third kappa shape index (κ3) is 3.31. The Kier molecular flexibility index (Phi) is 5.01. The monoisotopic (exact) mass is 320 g/mol. The van der Waals surface area contributed by atoms with Crippen LogP contribution in [0.25, 0.3) is 0 Å². The van der Waals surface area contributed by atoms with E-state index in [4.69, 9.17) is 11.6 Å². The van der Waals surface area contributed by atoms with E-state index in [1.54, 1.807) is 0 Å². The van der Waals surface area contributed by atoms with Crippen LogP contribution in [0.15, 0.2) is 23.1 Å². The zero-order valence-corrected chi connectivity index (χ0v) is 12.8. The molecule has 1 unspecified atom stereocenters. The molecule has 0 spiro atoms. The summed E-state index contributed by atoms with van der Waals surface area (Å²) in [4.78, 5) is -0.365. The largest absolute Gasteiger partial charge is 0.316 e. The van der Waals surface area contributed by atoms with E-state index in [1.807, 2.05) is 0 Å². The molecule has 0 amide bonds. The molecule has 0 saturated carbocycles. The molecule has 20 heavy (non-hydrogen) atoms. The fraction of sp³-hybridized carbons (Fsp3) is 0.538. The van der Waals surface area contributed by atoms with Crippen LogP contribution in [-0.4, -0.2) is 39.4 Å². The summed E-state index contributed by atoms with van der Waals surface area (Å²) in [6.45, 7) is 2.13. The normalized spacial score (nSPS) is 20.3. The van der Waals surface area contributed by atoms with Gasteiger partial charge < -0.3 is 5.32 Å². The maximum Gasteiger partial charge on any atom is 0.245 e. The van der Waals surface area contributed by atoms with Gasteiger partial charge in [-0.15, -0.1) is 0 Å². The first-order chi connectivity index (χ1) is 9.43. The number of nitrogens with one attached hydrogen (secondary N) is 1. The predicted molar refractivity (Wildman–Crippen MR) is 76.8 cm³/mol. The molecular formula is C13H18ClFN2O2S. The SMILES string of the molecule is CN(CC1CCCNC1)S(=O)(=O)c1cccc(Cl)c1F. The van der Waals surface area contributed by atoms with Crippen LogP contribution in [0.5, 0.6) is 0 Å². The summed E-state index contributed by atoms with van der Waals surface area (Å²) in [6.07, 6.45) is 2.01. The molecule has 0 aliphatic carbocycles. The van der Waals surface area contributed by atoms with Crippen molar-refractivity contribution in [3.63, 3.8) is 0 Å². The van der Waals surface area contributed by atoms with Gasteiger partial charge in [-0.1, -0.05) is 17.7 Å². The zero-order valence-electron chi connectivity index (χ0n) is 11.3. The third-order valence-electron chi connectivity index (χ3n) is 3.52. The highest BCUT2D eigenvalue weighted by Gasteiger charge is 2.28. The molecule has 4 nitrogen and oxygen atoms in total. The van der Waals surface area contributed by atoms with E-state index in [0.29, 0.717) is 6.54 Å². The molecule has 1 saturated heterocycles. The molecule has 1 fully saturated rings. The first-order valence-corrected chi connectivity index (χ1v) is 8.36. The summed E-state index contributed by atoms with van der Waals surface area (Å²) in [7, 11) is -2.37. The molecule has 2 rings (SSSR count). The molecular weight excluding hydrogens is 303 g/mol. The van der Waals surface area contributed by atoms with E-state index in [-0.39, 0.29) is 15.8 Å². The third-order valence-corrected chi connectivity index (χ3v) is 5.65. The van der Waals surface area contributed by atoms with E-state index in [1.165, 1.54) is 29.6 Å². The molecule has 1 atom stereocenters. The van der Waals surface area contributed by atoms with Gasteiger partial charge >= 0.3 is 0 Å². The highest BCUT2D eigenvalue weighted by Crippen LogP contribution is 2.25. The van der Waals surface area contributed by atoms with Crippen molar-refractivity contribution >= 4 is 21.6 Å². The molecule has 1 aliphatic rings. The maximum atomic E-state index is 13.9. The number of nitrogens with zero attached hydrogens (tertiary/aromatic N) is 1. The Morgan fingerprint density at radius 2 is 2.25 bits per heavy atom. The molecule has 112 valence electrons. The minimum atomic E-state index is -3.85. The first-order valence-electron chi connectivity index (χ1n) is 6.54. The van der Waals surface area contributed by atoms with Crippen LogP contribution in [0.2, 0.25) is 5.02 Å². The lowest BCUT2D eigenvalue weighted by molar-refractivity contribution is 0.314. The van der Waals surface area contributed by atoms with Gasteiger partial charge in [-0.3, -0.25) is 0 Å².